The highest BCUT2D eigenvalue weighted by Crippen LogP contribution is 2.30. The summed E-state index contributed by atoms with van der Waals surface area (Å²) in [6.07, 6.45) is 2.98. The third-order valence-electron chi connectivity index (χ3n) is 4.61. The Kier molecular flexibility index (Phi) is 4.92. The Bertz CT molecular complexity index is 1530. The van der Waals surface area contributed by atoms with Crippen LogP contribution in [0.15, 0.2) is 70.0 Å². The van der Waals surface area contributed by atoms with Crippen LogP contribution in [0.5, 0.6) is 0 Å². The van der Waals surface area contributed by atoms with Gasteiger partial charge < -0.3 is 4.74 Å². The molecular formula is C21H14N4O4S2. The van der Waals surface area contributed by atoms with Gasteiger partial charge in [0.2, 0.25) is 0 Å². The second kappa shape index (κ2) is 7.89. The number of esters is 1. The lowest BCUT2D eigenvalue weighted by atomic mass is 10.2. The number of thiophene rings is 1. The molecule has 0 aliphatic rings. The van der Waals surface area contributed by atoms with Crippen LogP contribution in [0.1, 0.15) is 5.69 Å². The highest BCUT2D eigenvalue weighted by molar-refractivity contribution is 7.21. The molecule has 1 aromatic carbocycles. The molecule has 0 bridgehead atoms. The van der Waals surface area contributed by atoms with Crippen molar-refractivity contribution in [2.24, 2.45) is 0 Å². The Balaban J connectivity index is 1.33. The van der Waals surface area contributed by atoms with Gasteiger partial charge in [0.05, 0.1) is 17.4 Å². The Morgan fingerprint density at radius 3 is 2.81 bits per heavy atom. The van der Waals surface area contributed by atoms with Gasteiger partial charge in [-0.15, -0.1) is 22.7 Å². The summed E-state index contributed by atoms with van der Waals surface area (Å²) >= 11 is 2.74. The lowest BCUT2D eigenvalue weighted by Crippen LogP contribution is -2.25. The molecule has 0 aliphatic heterocycles. The molecular weight excluding hydrogens is 436 g/mol. The monoisotopic (exact) mass is 450 g/mol. The molecule has 0 aliphatic carbocycles. The summed E-state index contributed by atoms with van der Waals surface area (Å²) in [6.45, 7) is -0.429. The van der Waals surface area contributed by atoms with Crippen LogP contribution in [0.4, 0.5) is 0 Å². The van der Waals surface area contributed by atoms with Gasteiger partial charge in [-0.3, -0.25) is 23.4 Å². The number of hydrogen-bond acceptors (Lipinski definition) is 8. The van der Waals surface area contributed by atoms with Crippen LogP contribution in [0.25, 0.3) is 25.6 Å². The summed E-state index contributed by atoms with van der Waals surface area (Å²) in [5.41, 5.74) is 0.806. The SMILES string of the molecule is O=C(Cn1cnc2sc(-c3ccccc3)cc2c1=O)OCc1cc(=O)n2ccsc2n1. The van der Waals surface area contributed by atoms with Gasteiger partial charge in [0.15, 0.2) is 4.96 Å². The summed E-state index contributed by atoms with van der Waals surface area (Å²) in [7, 11) is 0. The number of hydrogen-bond donors (Lipinski definition) is 0. The summed E-state index contributed by atoms with van der Waals surface area (Å²) < 4.78 is 7.86. The highest BCUT2D eigenvalue weighted by atomic mass is 32.1. The van der Waals surface area contributed by atoms with Crippen molar-refractivity contribution in [3.8, 4) is 10.4 Å². The molecule has 0 N–H and O–H groups in total. The summed E-state index contributed by atoms with van der Waals surface area (Å²) in [5.74, 6) is -0.616. The zero-order valence-electron chi connectivity index (χ0n) is 15.9. The van der Waals surface area contributed by atoms with E-state index in [0.717, 1.165) is 10.4 Å². The first-order valence-corrected chi connectivity index (χ1v) is 10.9. The summed E-state index contributed by atoms with van der Waals surface area (Å²) in [4.78, 5) is 47.8. The van der Waals surface area contributed by atoms with Gasteiger partial charge in [-0.05, 0) is 11.6 Å². The smallest absolute Gasteiger partial charge is 0.326 e. The second-order valence-electron chi connectivity index (χ2n) is 6.68. The lowest BCUT2D eigenvalue weighted by molar-refractivity contribution is -0.145. The number of rotatable bonds is 5. The van der Waals surface area contributed by atoms with Crippen molar-refractivity contribution < 1.29 is 9.53 Å². The van der Waals surface area contributed by atoms with Crippen LogP contribution in [0.3, 0.4) is 0 Å². The Morgan fingerprint density at radius 1 is 1.13 bits per heavy atom. The van der Waals surface area contributed by atoms with Gasteiger partial charge in [-0.25, -0.2) is 9.97 Å². The van der Waals surface area contributed by atoms with E-state index in [1.54, 1.807) is 17.6 Å². The minimum atomic E-state index is -0.616. The zero-order chi connectivity index (χ0) is 21.4. The van der Waals surface area contributed by atoms with E-state index < -0.39 is 5.97 Å². The second-order valence-corrected chi connectivity index (χ2v) is 8.58. The minimum Gasteiger partial charge on any atom is -0.458 e. The maximum Gasteiger partial charge on any atom is 0.326 e. The molecule has 5 rings (SSSR count). The number of thiazole rings is 1. The third kappa shape index (κ3) is 3.78. The van der Waals surface area contributed by atoms with Crippen molar-refractivity contribution in [2.75, 3.05) is 0 Å². The van der Waals surface area contributed by atoms with E-state index in [1.165, 1.54) is 44.0 Å². The van der Waals surface area contributed by atoms with E-state index in [1.807, 2.05) is 30.3 Å². The molecule has 0 fully saturated rings. The molecule has 0 unspecified atom stereocenters. The number of carbonyl (C=O) groups is 1. The molecule has 0 saturated heterocycles. The van der Waals surface area contributed by atoms with E-state index in [0.29, 0.717) is 20.9 Å². The molecule has 31 heavy (non-hydrogen) atoms. The first-order valence-electron chi connectivity index (χ1n) is 9.24. The topological polar surface area (TPSA) is 95.6 Å². The quantitative estimate of drug-likeness (QED) is 0.382. The normalized spacial score (nSPS) is 11.2. The first kappa shape index (κ1) is 19.3. The third-order valence-corrected chi connectivity index (χ3v) is 6.46. The predicted octanol–water partition coefficient (Wildman–Crippen LogP) is 2.94. The van der Waals surface area contributed by atoms with Gasteiger partial charge in [0, 0.05) is 22.5 Å². The van der Waals surface area contributed by atoms with Gasteiger partial charge in [0.25, 0.3) is 11.1 Å². The molecule has 4 heterocycles. The molecule has 154 valence electrons. The molecule has 0 atom stereocenters. The van der Waals surface area contributed by atoms with Gasteiger partial charge in [0.1, 0.15) is 18.0 Å². The van der Waals surface area contributed by atoms with Crippen LogP contribution >= 0.6 is 22.7 Å². The van der Waals surface area contributed by atoms with Gasteiger partial charge >= 0.3 is 5.97 Å². The fraction of sp³-hybridized carbons (Fsp3) is 0.0952. The van der Waals surface area contributed by atoms with Crippen LogP contribution in [-0.4, -0.2) is 24.9 Å². The van der Waals surface area contributed by atoms with Gasteiger partial charge in [-0.2, -0.15) is 0 Å². The fourth-order valence-electron chi connectivity index (χ4n) is 3.12. The average molecular weight is 451 g/mol. The predicted molar refractivity (Wildman–Crippen MR) is 118 cm³/mol. The fourth-order valence-corrected chi connectivity index (χ4v) is 4.85. The number of carbonyl (C=O) groups excluding carboxylic acids is 1. The number of aromatic nitrogens is 4. The van der Waals surface area contributed by atoms with Crippen molar-refractivity contribution >= 4 is 43.8 Å². The minimum absolute atomic E-state index is 0.149. The van der Waals surface area contributed by atoms with Gasteiger partial charge in [-0.1, -0.05) is 30.3 Å². The van der Waals surface area contributed by atoms with Crippen molar-refractivity contribution in [1.29, 1.82) is 0 Å². The molecule has 0 amide bonds. The molecule has 0 spiro atoms. The first-order chi connectivity index (χ1) is 15.1. The lowest BCUT2D eigenvalue weighted by Gasteiger charge is -2.06. The van der Waals surface area contributed by atoms with Crippen LogP contribution < -0.4 is 11.1 Å². The summed E-state index contributed by atoms with van der Waals surface area (Å²) in [5, 5.41) is 2.21. The maximum absolute atomic E-state index is 12.8. The molecule has 5 aromatic rings. The van der Waals surface area contributed by atoms with E-state index in [-0.39, 0.29) is 24.3 Å². The highest BCUT2D eigenvalue weighted by Gasteiger charge is 2.13. The Hall–Kier alpha value is -3.63. The van der Waals surface area contributed by atoms with Crippen molar-refractivity contribution in [3.63, 3.8) is 0 Å². The Morgan fingerprint density at radius 2 is 1.97 bits per heavy atom. The molecule has 0 radical (unpaired) electrons. The number of benzene rings is 1. The van der Waals surface area contributed by atoms with Crippen LogP contribution in [-0.2, 0) is 22.7 Å². The number of fused-ring (bicyclic) bond motifs is 2. The standard InChI is InChI=1S/C21H14N4O4S2/c26-17-8-14(23-21-25(17)6-7-30-21)11-29-18(27)10-24-12-22-19-15(20(24)28)9-16(31-19)13-4-2-1-3-5-13/h1-9,12H,10-11H2. The Labute approximate surface area is 182 Å². The summed E-state index contributed by atoms with van der Waals surface area (Å²) in [6, 6.07) is 12.8. The van der Waals surface area contributed by atoms with E-state index >= 15 is 0 Å². The van der Waals surface area contributed by atoms with Crippen LogP contribution in [0.2, 0.25) is 0 Å². The van der Waals surface area contributed by atoms with Crippen molar-refractivity contribution in [3.05, 3.63) is 86.8 Å². The molecule has 8 nitrogen and oxygen atoms in total. The van der Waals surface area contributed by atoms with E-state index in [2.05, 4.69) is 9.97 Å². The maximum atomic E-state index is 12.8. The van der Waals surface area contributed by atoms with E-state index in [9.17, 15) is 14.4 Å². The largest absolute Gasteiger partial charge is 0.458 e. The molecule has 0 saturated carbocycles. The average Bonchev–Trinajstić information content (AvgIpc) is 3.43. The van der Waals surface area contributed by atoms with Crippen LogP contribution in [0, 0.1) is 0 Å². The zero-order valence-corrected chi connectivity index (χ0v) is 17.6. The van der Waals surface area contributed by atoms with E-state index in [4.69, 9.17) is 4.74 Å². The van der Waals surface area contributed by atoms with Crippen molar-refractivity contribution in [2.45, 2.75) is 13.2 Å². The van der Waals surface area contributed by atoms with Crippen molar-refractivity contribution in [1.82, 2.24) is 18.9 Å². The number of nitrogens with zero attached hydrogens (tertiary/aromatic N) is 4. The molecule has 10 heteroatoms. The molecule has 4 aromatic heterocycles. The number of ether oxygens (including phenoxy) is 1.